The van der Waals surface area contributed by atoms with Crippen LogP contribution in [0.25, 0.3) is 66.0 Å². The van der Waals surface area contributed by atoms with E-state index in [0.717, 1.165) is 32.9 Å². The van der Waals surface area contributed by atoms with Crippen LogP contribution in [0, 0.1) is 13.8 Å². The molecular weight excluding hydrogens is 460 g/mol. The number of fused-ring (bicyclic) bond motifs is 4. The van der Waals surface area contributed by atoms with Crippen LogP contribution in [-0.4, -0.2) is 9.97 Å². The Bertz CT molecular complexity index is 1990. The zero-order valence-electron chi connectivity index (χ0n) is 21.4. The molecule has 0 saturated carbocycles. The molecule has 180 valence electrons. The molecule has 0 aliphatic rings. The van der Waals surface area contributed by atoms with Crippen molar-refractivity contribution in [2.75, 3.05) is 0 Å². The van der Waals surface area contributed by atoms with Gasteiger partial charge in [0, 0.05) is 34.3 Å². The van der Waals surface area contributed by atoms with E-state index in [9.17, 15) is 0 Å². The Balaban J connectivity index is 1.37. The lowest BCUT2D eigenvalue weighted by molar-refractivity contribution is 1.33. The molecule has 2 heterocycles. The molecule has 0 unspecified atom stereocenters. The van der Waals surface area contributed by atoms with Crippen LogP contribution < -0.4 is 0 Å². The maximum absolute atomic E-state index is 4.97. The van der Waals surface area contributed by atoms with Gasteiger partial charge in [0.2, 0.25) is 0 Å². The van der Waals surface area contributed by atoms with E-state index in [0.29, 0.717) is 0 Å². The first-order valence-corrected chi connectivity index (χ1v) is 13.0. The van der Waals surface area contributed by atoms with Crippen LogP contribution >= 0.6 is 0 Å². The number of rotatable bonds is 3. The fraction of sp³-hybridized carbons (Fsp3) is 0.0556. The quantitative estimate of drug-likeness (QED) is 0.232. The van der Waals surface area contributed by atoms with Crippen molar-refractivity contribution in [3.63, 3.8) is 0 Å². The first-order valence-electron chi connectivity index (χ1n) is 13.0. The van der Waals surface area contributed by atoms with Crippen LogP contribution in [0.2, 0.25) is 0 Å². The van der Waals surface area contributed by atoms with Crippen LogP contribution in [0.5, 0.6) is 0 Å². The molecule has 0 radical (unpaired) electrons. The van der Waals surface area contributed by atoms with Crippen LogP contribution in [-0.2, 0) is 0 Å². The molecule has 0 spiro atoms. The Hall–Kier alpha value is -4.82. The van der Waals surface area contributed by atoms with Gasteiger partial charge in [-0.05, 0) is 82.3 Å². The summed E-state index contributed by atoms with van der Waals surface area (Å²) in [5.41, 5.74) is 11.5. The minimum absolute atomic E-state index is 0.930. The maximum Gasteiger partial charge on any atom is 0.0965 e. The molecule has 0 aliphatic heterocycles. The third-order valence-electron chi connectivity index (χ3n) is 7.62. The lowest BCUT2D eigenvalue weighted by Crippen LogP contribution is -1.91. The van der Waals surface area contributed by atoms with Crippen molar-refractivity contribution < 1.29 is 0 Å². The zero-order chi connectivity index (χ0) is 25.6. The van der Waals surface area contributed by atoms with Crippen LogP contribution in [0.4, 0.5) is 0 Å². The molecule has 5 aromatic carbocycles. The summed E-state index contributed by atoms with van der Waals surface area (Å²) in [6.45, 7) is 4.30. The number of nitrogens with zero attached hydrogens (tertiary/aromatic N) is 2. The van der Waals surface area contributed by atoms with Crippen molar-refractivity contribution in [1.82, 2.24) is 9.97 Å². The van der Waals surface area contributed by atoms with Gasteiger partial charge in [0.15, 0.2) is 0 Å². The van der Waals surface area contributed by atoms with E-state index in [2.05, 4.69) is 123 Å². The van der Waals surface area contributed by atoms with Gasteiger partial charge in [-0.2, -0.15) is 0 Å². The van der Waals surface area contributed by atoms with E-state index in [1.807, 2.05) is 12.4 Å². The lowest BCUT2D eigenvalue weighted by atomic mass is 9.91. The minimum Gasteiger partial charge on any atom is -0.253 e. The van der Waals surface area contributed by atoms with Gasteiger partial charge in [0.05, 0.1) is 11.0 Å². The summed E-state index contributed by atoms with van der Waals surface area (Å²) in [4.78, 5) is 9.85. The van der Waals surface area contributed by atoms with E-state index in [4.69, 9.17) is 9.97 Å². The number of hydrogen-bond acceptors (Lipinski definition) is 2. The van der Waals surface area contributed by atoms with Gasteiger partial charge >= 0.3 is 0 Å². The first kappa shape index (κ1) is 22.4. The Morgan fingerprint density at radius 1 is 0.395 bits per heavy atom. The van der Waals surface area contributed by atoms with Crippen molar-refractivity contribution in [2.24, 2.45) is 0 Å². The average Bonchev–Trinajstić information content (AvgIpc) is 2.97. The largest absolute Gasteiger partial charge is 0.253 e. The van der Waals surface area contributed by atoms with Crippen molar-refractivity contribution in [3.8, 4) is 33.4 Å². The summed E-state index contributed by atoms with van der Waals surface area (Å²) in [5, 5.41) is 4.65. The fourth-order valence-electron chi connectivity index (χ4n) is 5.35. The SMILES string of the molecule is Cc1ccc(-c2cnc3c(ccc4cc(-c5cc6ccccc6cc5-c5ccccc5)cnc43)c2)cc1C. The molecular formula is C36H26N2. The first-order chi connectivity index (χ1) is 18.6. The highest BCUT2D eigenvalue weighted by Crippen LogP contribution is 2.37. The van der Waals surface area contributed by atoms with E-state index in [1.165, 1.54) is 44.2 Å². The number of hydrogen-bond donors (Lipinski definition) is 0. The minimum atomic E-state index is 0.930. The van der Waals surface area contributed by atoms with Crippen LogP contribution in [0.1, 0.15) is 11.1 Å². The summed E-state index contributed by atoms with van der Waals surface area (Å²) in [6.07, 6.45) is 3.97. The standard InChI is InChI=1S/C36H26N2/c1-23-12-13-28(16-24(23)2)31-17-29-14-15-30-18-32(22-38-36(30)35(29)37-21-31)34-20-27-11-7-6-10-26(27)19-33(34)25-8-4-3-5-9-25/h3-22H,1-2H3. The van der Waals surface area contributed by atoms with Gasteiger partial charge in [-0.3, -0.25) is 9.97 Å². The van der Waals surface area contributed by atoms with Crippen molar-refractivity contribution in [1.29, 1.82) is 0 Å². The molecule has 0 bridgehead atoms. The second-order valence-electron chi connectivity index (χ2n) is 10.1. The number of pyridine rings is 2. The van der Waals surface area contributed by atoms with Crippen molar-refractivity contribution in [3.05, 3.63) is 133 Å². The fourth-order valence-corrected chi connectivity index (χ4v) is 5.35. The van der Waals surface area contributed by atoms with Gasteiger partial charge in [-0.25, -0.2) is 0 Å². The summed E-state index contributed by atoms with van der Waals surface area (Å²) in [7, 11) is 0. The van der Waals surface area contributed by atoms with Gasteiger partial charge in [0.25, 0.3) is 0 Å². The summed E-state index contributed by atoms with van der Waals surface area (Å²) >= 11 is 0. The van der Waals surface area contributed by atoms with Gasteiger partial charge in [-0.1, -0.05) is 84.9 Å². The highest BCUT2D eigenvalue weighted by atomic mass is 14.7. The molecule has 2 nitrogen and oxygen atoms in total. The van der Waals surface area contributed by atoms with Gasteiger partial charge in [0.1, 0.15) is 0 Å². The third kappa shape index (κ3) is 3.82. The molecule has 7 rings (SSSR count). The Morgan fingerprint density at radius 3 is 1.63 bits per heavy atom. The van der Waals surface area contributed by atoms with Crippen molar-refractivity contribution in [2.45, 2.75) is 13.8 Å². The lowest BCUT2D eigenvalue weighted by Gasteiger charge is -2.14. The van der Waals surface area contributed by atoms with Gasteiger partial charge in [-0.15, -0.1) is 0 Å². The molecule has 0 fully saturated rings. The van der Waals surface area contributed by atoms with E-state index in [-0.39, 0.29) is 0 Å². The van der Waals surface area contributed by atoms with E-state index in [1.54, 1.807) is 0 Å². The normalized spacial score (nSPS) is 11.4. The predicted octanol–water partition coefficient (Wildman–Crippen LogP) is 9.55. The van der Waals surface area contributed by atoms with E-state index >= 15 is 0 Å². The average molecular weight is 487 g/mol. The molecule has 0 amide bonds. The predicted molar refractivity (Wildman–Crippen MR) is 160 cm³/mol. The summed E-state index contributed by atoms with van der Waals surface area (Å²) < 4.78 is 0. The Labute approximate surface area is 222 Å². The Morgan fingerprint density at radius 2 is 0.974 bits per heavy atom. The monoisotopic (exact) mass is 486 g/mol. The second-order valence-corrected chi connectivity index (χ2v) is 10.1. The second kappa shape index (κ2) is 8.93. The highest BCUT2D eigenvalue weighted by molar-refractivity contribution is 6.05. The molecule has 0 aliphatic carbocycles. The zero-order valence-corrected chi connectivity index (χ0v) is 21.4. The number of aromatic nitrogens is 2. The van der Waals surface area contributed by atoms with E-state index < -0.39 is 0 Å². The van der Waals surface area contributed by atoms with Gasteiger partial charge < -0.3 is 0 Å². The summed E-state index contributed by atoms with van der Waals surface area (Å²) in [5.74, 6) is 0. The molecule has 0 N–H and O–H groups in total. The molecule has 38 heavy (non-hydrogen) atoms. The topological polar surface area (TPSA) is 25.8 Å². The smallest absolute Gasteiger partial charge is 0.0965 e. The van der Waals surface area contributed by atoms with Crippen LogP contribution in [0.15, 0.2) is 122 Å². The highest BCUT2D eigenvalue weighted by Gasteiger charge is 2.13. The number of aryl methyl sites for hydroxylation is 2. The molecule has 2 aromatic heterocycles. The molecule has 2 heteroatoms. The third-order valence-corrected chi connectivity index (χ3v) is 7.62. The Kier molecular flexibility index (Phi) is 5.26. The van der Waals surface area contributed by atoms with Crippen LogP contribution in [0.3, 0.4) is 0 Å². The summed E-state index contributed by atoms with van der Waals surface area (Å²) in [6, 6.07) is 39.1. The molecule has 0 saturated heterocycles. The maximum atomic E-state index is 4.97. The molecule has 0 atom stereocenters. The number of benzene rings is 5. The molecule has 7 aromatic rings. The van der Waals surface area contributed by atoms with Crippen molar-refractivity contribution >= 4 is 32.6 Å².